The third-order valence-electron chi connectivity index (χ3n) is 5.70. The van der Waals surface area contributed by atoms with Crippen LogP contribution in [0, 0.1) is 12.8 Å². The second-order valence-electron chi connectivity index (χ2n) is 8.76. The molecule has 0 heterocycles. The lowest BCUT2D eigenvalue weighted by Gasteiger charge is -2.17. The molecule has 0 aliphatic rings. The van der Waals surface area contributed by atoms with Crippen molar-refractivity contribution >= 4 is 5.97 Å². The zero-order valence-corrected chi connectivity index (χ0v) is 20.0. The predicted molar refractivity (Wildman–Crippen MR) is 128 cm³/mol. The van der Waals surface area contributed by atoms with Gasteiger partial charge in [0, 0.05) is 0 Å². The fraction of sp³-hybridized carbons (Fsp3) is 0.704. The molecule has 1 rings (SSSR count). The highest BCUT2D eigenvalue weighted by Crippen LogP contribution is 2.19. The Morgan fingerprint density at radius 2 is 1.48 bits per heavy atom. The molecule has 1 unspecified atom stereocenters. The Morgan fingerprint density at radius 3 is 2.13 bits per heavy atom. The monoisotopic (exact) mass is 433 g/mol. The highest BCUT2D eigenvalue weighted by Gasteiger charge is 2.11. The van der Waals surface area contributed by atoms with E-state index in [4.69, 9.17) is 9.47 Å². The van der Waals surface area contributed by atoms with Crippen LogP contribution in [0.5, 0.6) is 0 Å². The first kappa shape index (κ1) is 27.6. The minimum atomic E-state index is -0.343. The number of esters is 1. The van der Waals surface area contributed by atoms with Crippen molar-refractivity contribution in [3.63, 3.8) is 0 Å². The van der Waals surface area contributed by atoms with Gasteiger partial charge in [-0.3, -0.25) is 0 Å². The van der Waals surface area contributed by atoms with Crippen LogP contribution in [0.15, 0.2) is 18.2 Å². The molecule has 1 aromatic rings. The molecule has 0 aliphatic heterocycles. The average Bonchev–Trinajstić information content (AvgIpc) is 2.76. The standard InChI is InChI=1S/C27H45O4/c1-4-6-8-10-11-13-15-24(14-12-9-7-5-2)20-30-22-27(29)31-21-26-17-23(3)16-25(18-26)19-28/h16-18,24,28H,3-15,19-22H2,1-2H3. The third-order valence-corrected chi connectivity index (χ3v) is 5.70. The van der Waals surface area contributed by atoms with Crippen LogP contribution in [0.25, 0.3) is 0 Å². The first-order chi connectivity index (χ1) is 15.1. The zero-order chi connectivity index (χ0) is 22.7. The van der Waals surface area contributed by atoms with Crippen LogP contribution in [0.4, 0.5) is 0 Å². The first-order valence-corrected chi connectivity index (χ1v) is 12.4. The molecular formula is C27H45O4. The number of carbonyl (C=O) groups is 1. The lowest BCUT2D eigenvalue weighted by molar-refractivity contribution is -0.150. The molecule has 0 amide bonds. The van der Waals surface area contributed by atoms with Crippen LogP contribution in [-0.2, 0) is 27.5 Å². The first-order valence-electron chi connectivity index (χ1n) is 12.4. The third kappa shape index (κ3) is 14.3. The zero-order valence-electron chi connectivity index (χ0n) is 20.0. The molecule has 1 atom stereocenters. The van der Waals surface area contributed by atoms with Gasteiger partial charge in [0.05, 0.1) is 13.2 Å². The normalized spacial score (nSPS) is 12.1. The van der Waals surface area contributed by atoms with E-state index in [1.54, 1.807) is 0 Å². The molecule has 4 heteroatoms. The average molecular weight is 434 g/mol. The molecule has 0 aromatic heterocycles. The molecule has 4 nitrogen and oxygen atoms in total. The molecule has 31 heavy (non-hydrogen) atoms. The number of carbonyl (C=O) groups excluding carboxylic acids is 1. The van der Waals surface area contributed by atoms with E-state index in [2.05, 4.69) is 20.8 Å². The molecule has 0 bridgehead atoms. The largest absolute Gasteiger partial charge is 0.459 e. The Hall–Kier alpha value is -1.39. The van der Waals surface area contributed by atoms with Gasteiger partial charge in [-0.15, -0.1) is 0 Å². The Labute approximate surface area is 190 Å². The maximum atomic E-state index is 12.1. The number of hydrogen-bond donors (Lipinski definition) is 1. The lowest BCUT2D eigenvalue weighted by Crippen LogP contribution is -2.17. The Kier molecular flexibility index (Phi) is 16.2. The van der Waals surface area contributed by atoms with Crippen LogP contribution in [0.1, 0.15) is 108 Å². The van der Waals surface area contributed by atoms with E-state index in [9.17, 15) is 9.90 Å². The lowest BCUT2D eigenvalue weighted by atomic mass is 9.95. The maximum Gasteiger partial charge on any atom is 0.332 e. The highest BCUT2D eigenvalue weighted by molar-refractivity contribution is 5.70. The van der Waals surface area contributed by atoms with Crippen molar-refractivity contribution in [3.8, 4) is 0 Å². The van der Waals surface area contributed by atoms with Crippen molar-refractivity contribution in [2.24, 2.45) is 5.92 Å². The topological polar surface area (TPSA) is 55.8 Å². The summed E-state index contributed by atoms with van der Waals surface area (Å²) < 4.78 is 11.1. The molecule has 0 fully saturated rings. The molecular weight excluding hydrogens is 388 g/mol. The van der Waals surface area contributed by atoms with Gasteiger partial charge in [0.15, 0.2) is 0 Å². The smallest absolute Gasteiger partial charge is 0.332 e. The Bertz CT molecular complexity index is 585. The Morgan fingerprint density at radius 1 is 0.903 bits per heavy atom. The summed E-state index contributed by atoms with van der Waals surface area (Å²) in [4.78, 5) is 12.1. The predicted octanol–water partition coefficient (Wildman–Crippen LogP) is 6.76. The molecule has 1 aromatic carbocycles. The number of ether oxygens (including phenoxy) is 2. The van der Waals surface area contributed by atoms with Crippen molar-refractivity contribution in [1.29, 1.82) is 0 Å². The minimum Gasteiger partial charge on any atom is -0.459 e. The van der Waals surface area contributed by atoms with Crippen molar-refractivity contribution in [2.75, 3.05) is 13.2 Å². The van der Waals surface area contributed by atoms with Crippen LogP contribution >= 0.6 is 0 Å². The van der Waals surface area contributed by atoms with Gasteiger partial charge in [0.1, 0.15) is 13.2 Å². The molecule has 1 radical (unpaired) electrons. The van der Waals surface area contributed by atoms with E-state index in [1.165, 1.54) is 77.0 Å². The van der Waals surface area contributed by atoms with Crippen LogP contribution in [0.2, 0.25) is 0 Å². The number of benzene rings is 1. The highest BCUT2D eigenvalue weighted by atomic mass is 16.6. The minimum absolute atomic E-state index is 0.00111. The van der Waals surface area contributed by atoms with Gasteiger partial charge in [-0.2, -0.15) is 0 Å². The summed E-state index contributed by atoms with van der Waals surface area (Å²) in [6.45, 7) is 9.14. The fourth-order valence-corrected chi connectivity index (χ4v) is 3.91. The van der Waals surface area contributed by atoms with E-state index < -0.39 is 0 Å². The molecule has 1 N–H and O–H groups in total. The number of aliphatic hydroxyl groups is 1. The van der Waals surface area contributed by atoms with Crippen LogP contribution in [0.3, 0.4) is 0 Å². The van der Waals surface area contributed by atoms with Crippen molar-refractivity contribution in [1.82, 2.24) is 0 Å². The van der Waals surface area contributed by atoms with E-state index >= 15 is 0 Å². The molecule has 177 valence electrons. The second-order valence-corrected chi connectivity index (χ2v) is 8.76. The van der Waals surface area contributed by atoms with Crippen LogP contribution < -0.4 is 0 Å². The van der Waals surface area contributed by atoms with E-state index in [0.717, 1.165) is 16.7 Å². The molecule has 0 saturated carbocycles. The summed E-state index contributed by atoms with van der Waals surface area (Å²) in [6.07, 6.45) is 15.3. The molecule has 0 aliphatic carbocycles. The van der Waals surface area contributed by atoms with E-state index in [-0.39, 0.29) is 25.8 Å². The Balaban J connectivity index is 2.31. The van der Waals surface area contributed by atoms with Gasteiger partial charge < -0.3 is 14.6 Å². The second kappa shape index (κ2) is 18.2. The summed E-state index contributed by atoms with van der Waals surface area (Å²) in [5.74, 6) is 0.190. The number of rotatable bonds is 19. The van der Waals surface area contributed by atoms with Gasteiger partial charge >= 0.3 is 5.97 Å². The maximum absolute atomic E-state index is 12.1. The summed E-state index contributed by atoms with van der Waals surface area (Å²) in [5.41, 5.74) is 2.41. The van der Waals surface area contributed by atoms with Crippen molar-refractivity contribution in [2.45, 2.75) is 104 Å². The number of aliphatic hydroxyl groups excluding tert-OH is 1. The van der Waals surface area contributed by atoms with Gasteiger partial charge in [-0.05, 0) is 42.4 Å². The number of unbranched alkanes of at least 4 members (excludes halogenated alkanes) is 8. The quantitative estimate of drug-likeness (QED) is 0.193. The van der Waals surface area contributed by atoms with Gasteiger partial charge in [-0.25, -0.2) is 4.79 Å². The summed E-state index contributed by atoms with van der Waals surface area (Å²) in [6, 6.07) is 5.51. The van der Waals surface area contributed by atoms with Gasteiger partial charge in [0.2, 0.25) is 0 Å². The van der Waals surface area contributed by atoms with Crippen molar-refractivity contribution < 1.29 is 19.4 Å². The summed E-state index contributed by atoms with van der Waals surface area (Å²) in [7, 11) is 0. The summed E-state index contributed by atoms with van der Waals surface area (Å²) in [5, 5.41) is 9.28. The molecule has 0 saturated heterocycles. The SMILES string of the molecule is [CH2]c1cc(CO)cc(COC(=O)COCC(CCCCCC)CCCCCCCC)c1. The van der Waals surface area contributed by atoms with Gasteiger partial charge in [0.25, 0.3) is 0 Å². The summed E-state index contributed by atoms with van der Waals surface area (Å²) >= 11 is 0. The van der Waals surface area contributed by atoms with Crippen LogP contribution in [-0.4, -0.2) is 24.3 Å². The fourth-order valence-electron chi connectivity index (χ4n) is 3.91. The van der Waals surface area contributed by atoms with E-state index in [1.807, 2.05) is 18.2 Å². The van der Waals surface area contributed by atoms with Crippen molar-refractivity contribution in [3.05, 3.63) is 41.8 Å². The van der Waals surface area contributed by atoms with E-state index in [0.29, 0.717) is 12.5 Å². The molecule has 0 spiro atoms. The van der Waals surface area contributed by atoms with Gasteiger partial charge in [-0.1, -0.05) is 96.3 Å². The number of hydrogen-bond acceptors (Lipinski definition) is 4.